The van der Waals surface area contributed by atoms with Crippen molar-refractivity contribution in [2.45, 2.75) is 117 Å². The van der Waals surface area contributed by atoms with Gasteiger partial charge in [-0.25, -0.2) is 0 Å². The smallest absolute Gasteiger partial charge is 0.00256 e. The minimum absolute atomic E-state index is 1.03. The second kappa shape index (κ2) is 27.8. The van der Waals surface area contributed by atoms with E-state index in [2.05, 4.69) is 311 Å². The van der Waals surface area contributed by atoms with Crippen LogP contribution in [0.25, 0.3) is 44.5 Å². The molecule has 0 saturated carbocycles. The van der Waals surface area contributed by atoms with Crippen LogP contribution in [-0.4, -0.2) is 0 Å². The molecule has 0 aromatic heterocycles. The maximum absolute atomic E-state index is 2.30. The Morgan fingerprint density at radius 1 is 0.156 bits per heavy atom. The molecule has 0 fully saturated rings. The van der Waals surface area contributed by atoms with Gasteiger partial charge in [-0.05, 0) is 268 Å². The molecule has 10 rings (SSSR count). The fourth-order valence-electron chi connectivity index (χ4n) is 8.84. The fraction of sp³-hybridized carbons (Fsp3) is 0.221. The van der Waals surface area contributed by atoms with Gasteiger partial charge in [-0.1, -0.05) is 200 Å². The van der Waals surface area contributed by atoms with Crippen LogP contribution in [0.3, 0.4) is 0 Å². The van der Waals surface area contributed by atoms with Gasteiger partial charge in [0.2, 0.25) is 0 Å². The number of hydrogen-bond donors (Lipinski definition) is 0. The van der Waals surface area contributed by atoms with Crippen LogP contribution in [0.4, 0.5) is 0 Å². The van der Waals surface area contributed by atoms with Crippen LogP contribution in [0.2, 0.25) is 0 Å². The topological polar surface area (TPSA) is 0 Å². The van der Waals surface area contributed by atoms with Crippen molar-refractivity contribution in [1.82, 2.24) is 0 Å². The van der Waals surface area contributed by atoms with E-state index in [4.69, 9.17) is 0 Å². The number of hydrogen-bond acceptors (Lipinski definition) is 0. The Morgan fingerprint density at radius 2 is 0.377 bits per heavy atom. The van der Waals surface area contributed by atoms with E-state index >= 15 is 0 Å². The standard InChI is InChI=1S/C22H22.C17H20.C16H18.C14H14.C8H10/c1-15-8-10-21(12-17(15)3)19-6-5-7-20(14-19)22-11-9-16(2)18(4)13-22;1-12-5-7-16(9-14(12)3)11-17-8-6-13(2)15(4)10-17;1-11-5-7-15(9-13(11)3)16-8-6-12(2)14(4)10-16;1-11-8-9-14(10-12(11)2)13-6-4-3-5-7-13;1-7-5-3-4-6-8(7)2/h5-14H,1-4H3;5-10H,11H2,1-4H3;5-10H,1-4H3;3-10H,1-2H3;3-6H,1-2H3. The van der Waals surface area contributed by atoms with Crippen molar-refractivity contribution in [2.24, 2.45) is 0 Å². The van der Waals surface area contributed by atoms with E-state index in [-0.39, 0.29) is 0 Å². The van der Waals surface area contributed by atoms with Gasteiger partial charge in [-0.2, -0.15) is 0 Å². The molecule has 0 unspecified atom stereocenters. The predicted molar refractivity (Wildman–Crippen MR) is 339 cm³/mol. The first-order valence-electron chi connectivity index (χ1n) is 27.4. The van der Waals surface area contributed by atoms with Gasteiger partial charge in [0, 0.05) is 0 Å². The van der Waals surface area contributed by atoms with E-state index in [1.54, 1.807) is 0 Å². The summed E-state index contributed by atoms with van der Waals surface area (Å²) in [6.07, 6.45) is 1.03. The van der Waals surface area contributed by atoms with Crippen molar-refractivity contribution in [3.63, 3.8) is 0 Å². The number of benzene rings is 10. The summed E-state index contributed by atoms with van der Waals surface area (Å²) < 4.78 is 0. The van der Waals surface area contributed by atoms with Crippen molar-refractivity contribution in [3.05, 3.63) is 306 Å². The molecule has 0 heteroatoms. The molecule has 392 valence electrons. The third-order valence-electron chi connectivity index (χ3n) is 15.5. The second-order valence-electron chi connectivity index (χ2n) is 21.5. The maximum atomic E-state index is 2.30. The zero-order valence-corrected chi connectivity index (χ0v) is 49.3. The molecule has 0 heterocycles. The normalized spacial score (nSPS) is 10.4. The molecule has 0 aliphatic heterocycles. The molecule has 10 aromatic carbocycles. The lowest BCUT2D eigenvalue weighted by atomic mass is 9.95. The molecule has 0 nitrogen and oxygen atoms in total. The Morgan fingerprint density at radius 3 is 0.649 bits per heavy atom. The lowest BCUT2D eigenvalue weighted by Gasteiger charge is -2.09. The molecule has 10 aromatic rings. The molecule has 0 bridgehead atoms. The van der Waals surface area contributed by atoms with E-state index < -0.39 is 0 Å². The molecule has 0 saturated heterocycles. The molecule has 0 N–H and O–H groups in total. The molecular formula is C77H84. The first kappa shape index (κ1) is 58.5. The Hall–Kier alpha value is -7.80. The minimum atomic E-state index is 1.03. The van der Waals surface area contributed by atoms with E-state index in [0.29, 0.717) is 0 Å². The van der Waals surface area contributed by atoms with E-state index in [9.17, 15) is 0 Å². The second-order valence-corrected chi connectivity index (χ2v) is 21.5. The molecule has 0 atom stereocenters. The first-order chi connectivity index (χ1) is 36.8. The van der Waals surface area contributed by atoms with E-state index in [0.717, 1.165) is 6.42 Å². The Balaban J connectivity index is 0.000000160. The monoisotopic (exact) mass is 1010 g/mol. The Bertz CT molecular complexity index is 3360. The van der Waals surface area contributed by atoms with Crippen molar-refractivity contribution in [3.8, 4) is 44.5 Å². The number of aryl methyl sites for hydroxylation is 16. The molecule has 0 aliphatic rings. The summed E-state index contributed by atoms with van der Waals surface area (Å²) in [6, 6.07) is 74.4. The average molecular weight is 1010 g/mol. The number of rotatable bonds is 6. The summed E-state index contributed by atoms with van der Waals surface area (Å²) in [7, 11) is 0. The summed E-state index contributed by atoms with van der Waals surface area (Å²) in [5.74, 6) is 0. The van der Waals surface area contributed by atoms with E-state index in [1.165, 1.54) is 145 Å². The molecule has 0 spiro atoms. The molecule has 0 amide bonds. The van der Waals surface area contributed by atoms with Gasteiger partial charge in [0.25, 0.3) is 0 Å². The minimum Gasteiger partial charge on any atom is -0.0622 e. The van der Waals surface area contributed by atoms with Gasteiger partial charge in [-0.15, -0.1) is 0 Å². The average Bonchev–Trinajstić information content (AvgIpc) is 3.42. The third-order valence-corrected chi connectivity index (χ3v) is 15.5. The predicted octanol–water partition coefficient (Wildman–Crippen LogP) is 21.6. The van der Waals surface area contributed by atoms with Gasteiger partial charge in [0.15, 0.2) is 0 Å². The van der Waals surface area contributed by atoms with Crippen molar-refractivity contribution < 1.29 is 0 Å². The van der Waals surface area contributed by atoms with Gasteiger partial charge in [0.1, 0.15) is 0 Å². The van der Waals surface area contributed by atoms with Crippen LogP contribution in [0.5, 0.6) is 0 Å². The Kier molecular flexibility index (Phi) is 21.1. The summed E-state index contributed by atoms with van der Waals surface area (Å²) in [4.78, 5) is 0. The molecule has 0 aliphatic carbocycles. The maximum Gasteiger partial charge on any atom is -0.00256 e. The van der Waals surface area contributed by atoms with Crippen molar-refractivity contribution >= 4 is 0 Å². The van der Waals surface area contributed by atoms with Crippen LogP contribution in [0.15, 0.2) is 206 Å². The fourth-order valence-corrected chi connectivity index (χ4v) is 8.84. The molecule has 0 radical (unpaired) electrons. The van der Waals surface area contributed by atoms with E-state index in [1.807, 2.05) is 6.07 Å². The molecule has 77 heavy (non-hydrogen) atoms. The zero-order valence-electron chi connectivity index (χ0n) is 49.3. The first-order valence-corrected chi connectivity index (χ1v) is 27.4. The molecular weight excluding hydrogens is 925 g/mol. The highest BCUT2D eigenvalue weighted by atomic mass is 14.1. The largest absolute Gasteiger partial charge is 0.0622 e. The van der Waals surface area contributed by atoms with Gasteiger partial charge >= 0.3 is 0 Å². The summed E-state index contributed by atoms with van der Waals surface area (Å²) in [5.41, 5.74) is 34.9. The summed E-state index contributed by atoms with van der Waals surface area (Å²) in [6.45, 7) is 34.5. The lowest BCUT2D eigenvalue weighted by molar-refractivity contribution is 1.15. The highest BCUT2D eigenvalue weighted by molar-refractivity contribution is 5.74. The SMILES string of the molecule is Cc1ccc(-c2ccc(C)c(C)c2)cc1C.Cc1ccc(-c2cccc(-c3ccc(C)c(C)c3)c2)cc1C.Cc1ccc(-c2ccccc2)cc1C.Cc1ccc(Cc2ccc(C)c(C)c2)cc1C.Cc1ccccc1C. The van der Waals surface area contributed by atoms with Crippen LogP contribution >= 0.6 is 0 Å². The quantitative estimate of drug-likeness (QED) is 0.156. The van der Waals surface area contributed by atoms with Crippen LogP contribution < -0.4 is 0 Å². The van der Waals surface area contributed by atoms with Crippen LogP contribution in [-0.2, 0) is 6.42 Å². The van der Waals surface area contributed by atoms with Gasteiger partial charge < -0.3 is 0 Å². The van der Waals surface area contributed by atoms with Gasteiger partial charge in [0.05, 0.1) is 0 Å². The van der Waals surface area contributed by atoms with Crippen LogP contribution in [0, 0.1) is 111 Å². The van der Waals surface area contributed by atoms with Crippen molar-refractivity contribution in [1.29, 1.82) is 0 Å². The lowest BCUT2D eigenvalue weighted by Crippen LogP contribution is -1.92. The van der Waals surface area contributed by atoms with Crippen LogP contribution in [0.1, 0.15) is 100 Å². The third kappa shape index (κ3) is 17.1. The Labute approximate surface area is 465 Å². The highest BCUT2D eigenvalue weighted by Gasteiger charge is 2.06. The summed E-state index contributed by atoms with van der Waals surface area (Å²) in [5, 5.41) is 0. The zero-order chi connectivity index (χ0) is 55.8. The highest BCUT2D eigenvalue weighted by Crippen LogP contribution is 2.30. The summed E-state index contributed by atoms with van der Waals surface area (Å²) >= 11 is 0. The van der Waals surface area contributed by atoms with Crippen molar-refractivity contribution in [2.75, 3.05) is 0 Å². The van der Waals surface area contributed by atoms with Gasteiger partial charge in [-0.3, -0.25) is 0 Å².